The summed E-state index contributed by atoms with van der Waals surface area (Å²) in [5.74, 6) is -0.0527. The Bertz CT molecular complexity index is 690. The molecule has 1 N–H and O–H groups in total. The molecular formula is C17H16FNO2. The molecule has 2 rings (SSSR count). The number of benzene rings is 2. The maximum atomic E-state index is 13.9. The highest BCUT2D eigenvalue weighted by Gasteiger charge is 2.12. The molecule has 0 fully saturated rings. The lowest BCUT2D eigenvalue weighted by Crippen LogP contribution is -2.03. The number of aliphatic hydroxyl groups is 1. The van der Waals surface area contributed by atoms with Crippen LogP contribution in [0.4, 0.5) is 4.39 Å². The molecule has 0 aliphatic rings. The molecule has 4 heteroatoms. The summed E-state index contributed by atoms with van der Waals surface area (Å²) in [6, 6.07) is 11.9. The highest BCUT2D eigenvalue weighted by Crippen LogP contribution is 2.27. The average molecular weight is 285 g/mol. The Morgan fingerprint density at radius 1 is 1.33 bits per heavy atom. The van der Waals surface area contributed by atoms with E-state index < -0.39 is 11.9 Å². The first-order valence-electron chi connectivity index (χ1n) is 6.62. The van der Waals surface area contributed by atoms with Crippen LogP contribution in [-0.4, -0.2) is 5.11 Å². The molecule has 21 heavy (non-hydrogen) atoms. The van der Waals surface area contributed by atoms with Gasteiger partial charge in [-0.1, -0.05) is 23.8 Å². The van der Waals surface area contributed by atoms with Gasteiger partial charge in [-0.15, -0.1) is 0 Å². The van der Waals surface area contributed by atoms with Gasteiger partial charge in [0.1, 0.15) is 24.2 Å². The minimum absolute atomic E-state index is 0.00393. The Hall–Kier alpha value is -2.38. The molecule has 0 aromatic heterocycles. The second-order valence-electron chi connectivity index (χ2n) is 4.90. The van der Waals surface area contributed by atoms with Gasteiger partial charge >= 0.3 is 0 Å². The standard InChI is InChI=1S/C17H16FNO2/c1-11-6-7-16(15(8-11)12(2)20)21-10-14-5-3-4-13(9-19)17(14)18/h3-8,12,20H,10H2,1-2H3/t12-/m0/s1. The van der Waals surface area contributed by atoms with Crippen molar-refractivity contribution in [1.29, 1.82) is 5.26 Å². The van der Waals surface area contributed by atoms with Crippen molar-refractivity contribution >= 4 is 0 Å². The predicted molar refractivity (Wildman–Crippen MR) is 77.3 cm³/mol. The quantitative estimate of drug-likeness (QED) is 0.933. The molecule has 0 aliphatic heterocycles. The molecule has 0 bridgehead atoms. The van der Waals surface area contributed by atoms with Crippen molar-refractivity contribution in [3.63, 3.8) is 0 Å². The Balaban J connectivity index is 2.23. The zero-order chi connectivity index (χ0) is 15.4. The van der Waals surface area contributed by atoms with Gasteiger partial charge in [0.25, 0.3) is 0 Å². The van der Waals surface area contributed by atoms with Gasteiger partial charge in [-0.25, -0.2) is 4.39 Å². The fourth-order valence-electron chi connectivity index (χ4n) is 2.06. The summed E-state index contributed by atoms with van der Waals surface area (Å²) in [5.41, 5.74) is 1.98. The van der Waals surface area contributed by atoms with Crippen molar-refractivity contribution in [3.8, 4) is 11.8 Å². The highest BCUT2D eigenvalue weighted by molar-refractivity contribution is 5.39. The van der Waals surface area contributed by atoms with Crippen LogP contribution in [0.1, 0.15) is 35.3 Å². The fourth-order valence-corrected chi connectivity index (χ4v) is 2.06. The second-order valence-corrected chi connectivity index (χ2v) is 4.90. The number of rotatable bonds is 4. The molecule has 0 aliphatic carbocycles. The van der Waals surface area contributed by atoms with Gasteiger partial charge in [0.2, 0.25) is 0 Å². The third kappa shape index (κ3) is 3.39. The van der Waals surface area contributed by atoms with E-state index >= 15 is 0 Å². The zero-order valence-corrected chi connectivity index (χ0v) is 11.9. The SMILES string of the molecule is Cc1ccc(OCc2cccc(C#N)c2F)c([C@H](C)O)c1. The number of hydrogen-bond acceptors (Lipinski definition) is 3. The van der Waals surface area contributed by atoms with E-state index in [0.717, 1.165) is 5.56 Å². The van der Waals surface area contributed by atoms with Gasteiger partial charge in [0.05, 0.1) is 11.7 Å². The summed E-state index contributed by atoms with van der Waals surface area (Å²) in [6.07, 6.45) is -0.671. The van der Waals surface area contributed by atoms with Gasteiger partial charge in [0.15, 0.2) is 0 Å². The van der Waals surface area contributed by atoms with Crippen LogP contribution in [0.3, 0.4) is 0 Å². The van der Waals surface area contributed by atoms with Gasteiger partial charge < -0.3 is 9.84 Å². The summed E-state index contributed by atoms with van der Waals surface area (Å²) >= 11 is 0. The Kier molecular flexibility index (Phi) is 4.56. The van der Waals surface area contributed by atoms with Gasteiger partial charge in [-0.2, -0.15) is 5.26 Å². The third-order valence-electron chi connectivity index (χ3n) is 3.20. The first-order chi connectivity index (χ1) is 10.0. The van der Waals surface area contributed by atoms with E-state index in [4.69, 9.17) is 10.00 Å². The van der Waals surface area contributed by atoms with Crippen molar-refractivity contribution < 1.29 is 14.2 Å². The van der Waals surface area contributed by atoms with Crippen LogP contribution in [0.15, 0.2) is 36.4 Å². The van der Waals surface area contributed by atoms with E-state index in [1.165, 1.54) is 6.07 Å². The van der Waals surface area contributed by atoms with E-state index in [0.29, 0.717) is 16.9 Å². The number of nitrogens with zero attached hydrogens (tertiary/aromatic N) is 1. The number of hydrogen-bond donors (Lipinski definition) is 1. The molecule has 0 unspecified atom stereocenters. The predicted octanol–water partition coefficient (Wildman–Crippen LogP) is 3.64. The Labute approximate surface area is 123 Å². The largest absolute Gasteiger partial charge is 0.488 e. The highest BCUT2D eigenvalue weighted by atomic mass is 19.1. The van der Waals surface area contributed by atoms with E-state index in [-0.39, 0.29) is 12.2 Å². The van der Waals surface area contributed by atoms with Gasteiger partial charge in [0, 0.05) is 11.1 Å². The summed E-state index contributed by atoms with van der Waals surface area (Å²) in [6.45, 7) is 3.58. The van der Waals surface area contributed by atoms with Crippen molar-refractivity contribution in [3.05, 3.63) is 64.5 Å². The molecular weight excluding hydrogens is 269 g/mol. The second kappa shape index (κ2) is 6.38. The van der Waals surface area contributed by atoms with E-state index in [9.17, 15) is 9.50 Å². The van der Waals surface area contributed by atoms with Gasteiger partial charge in [-0.05, 0) is 32.0 Å². The van der Waals surface area contributed by atoms with Crippen LogP contribution in [0.2, 0.25) is 0 Å². The monoisotopic (exact) mass is 285 g/mol. The minimum Gasteiger partial charge on any atom is -0.488 e. The zero-order valence-electron chi connectivity index (χ0n) is 11.9. The lowest BCUT2D eigenvalue weighted by Gasteiger charge is -2.14. The molecule has 1 atom stereocenters. The maximum Gasteiger partial charge on any atom is 0.147 e. The molecule has 0 saturated heterocycles. The van der Waals surface area contributed by atoms with Crippen molar-refractivity contribution in [1.82, 2.24) is 0 Å². The normalized spacial score (nSPS) is 11.8. The molecule has 108 valence electrons. The van der Waals surface area contributed by atoms with Gasteiger partial charge in [-0.3, -0.25) is 0 Å². The first kappa shape index (κ1) is 15.0. The first-order valence-corrected chi connectivity index (χ1v) is 6.62. The summed E-state index contributed by atoms with van der Waals surface area (Å²) in [5, 5.41) is 18.6. The molecule has 0 amide bonds. The topological polar surface area (TPSA) is 53.2 Å². The molecule has 0 saturated carbocycles. The Morgan fingerprint density at radius 2 is 2.10 bits per heavy atom. The lowest BCUT2D eigenvalue weighted by atomic mass is 10.1. The summed E-state index contributed by atoms with van der Waals surface area (Å²) in [4.78, 5) is 0. The number of aliphatic hydroxyl groups excluding tert-OH is 1. The minimum atomic E-state index is -0.671. The van der Waals surface area contributed by atoms with Crippen molar-refractivity contribution in [2.24, 2.45) is 0 Å². The molecule has 2 aromatic carbocycles. The van der Waals surface area contributed by atoms with E-state index in [1.54, 1.807) is 31.2 Å². The third-order valence-corrected chi connectivity index (χ3v) is 3.20. The maximum absolute atomic E-state index is 13.9. The van der Waals surface area contributed by atoms with Crippen LogP contribution in [0, 0.1) is 24.1 Å². The molecule has 0 heterocycles. The summed E-state index contributed by atoms with van der Waals surface area (Å²) < 4.78 is 19.6. The van der Waals surface area contributed by atoms with Crippen molar-refractivity contribution in [2.45, 2.75) is 26.6 Å². The van der Waals surface area contributed by atoms with Crippen LogP contribution < -0.4 is 4.74 Å². The molecule has 3 nitrogen and oxygen atoms in total. The average Bonchev–Trinajstić information content (AvgIpc) is 2.47. The number of ether oxygens (including phenoxy) is 1. The van der Waals surface area contributed by atoms with E-state index in [2.05, 4.69) is 0 Å². The molecule has 0 radical (unpaired) electrons. The fraction of sp³-hybridized carbons (Fsp3) is 0.235. The summed E-state index contributed by atoms with van der Waals surface area (Å²) in [7, 11) is 0. The number of aryl methyl sites for hydroxylation is 1. The van der Waals surface area contributed by atoms with Crippen LogP contribution >= 0.6 is 0 Å². The van der Waals surface area contributed by atoms with Crippen LogP contribution in [0.25, 0.3) is 0 Å². The number of nitriles is 1. The lowest BCUT2D eigenvalue weighted by molar-refractivity contribution is 0.189. The number of halogens is 1. The van der Waals surface area contributed by atoms with Crippen LogP contribution in [0.5, 0.6) is 5.75 Å². The molecule has 2 aromatic rings. The van der Waals surface area contributed by atoms with Crippen LogP contribution in [-0.2, 0) is 6.61 Å². The molecule has 0 spiro atoms. The smallest absolute Gasteiger partial charge is 0.147 e. The Morgan fingerprint density at radius 3 is 2.76 bits per heavy atom. The van der Waals surface area contributed by atoms with Crippen molar-refractivity contribution in [2.75, 3.05) is 0 Å². The van der Waals surface area contributed by atoms with E-state index in [1.807, 2.05) is 19.1 Å².